The average molecular weight is 337 g/mol. The van der Waals surface area contributed by atoms with Crippen LogP contribution in [0.1, 0.15) is 13.3 Å². The maximum absolute atomic E-state index is 12.4. The van der Waals surface area contributed by atoms with Gasteiger partial charge in [-0.1, -0.05) is 44.3 Å². The van der Waals surface area contributed by atoms with Gasteiger partial charge in [0.25, 0.3) is 0 Å². The Morgan fingerprint density at radius 1 is 1.04 bits per heavy atom. The van der Waals surface area contributed by atoms with Crippen molar-refractivity contribution in [3.8, 4) is 0 Å². The molecule has 0 saturated heterocycles. The number of ketones is 2. The van der Waals surface area contributed by atoms with E-state index in [0.29, 0.717) is 5.57 Å². The molecule has 2 aliphatic rings. The van der Waals surface area contributed by atoms with Crippen LogP contribution in [0.5, 0.6) is 0 Å². The molecule has 0 amide bonds. The van der Waals surface area contributed by atoms with Gasteiger partial charge >= 0.3 is 0 Å². The smallest absolute Gasteiger partial charge is 0.182 e. The molecule has 3 rings (SSSR count). The molecule has 0 unspecified atom stereocenters. The highest BCUT2D eigenvalue weighted by Crippen LogP contribution is 2.36. The Hall–Kier alpha value is -2.07. The Bertz CT molecular complexity index is 759. The average Bonchev–Trinajstić information content (AvgIpc) is 2.58. The highest BCUT2D eigenvalue weighted by atomic mass is 28.3. The zero-order chi connectivity index (χ0) is 17.3. The molecule has 0 aromatic carbocycles. The van der Waals surface area contributed by atoms with E-state index in [0.717, 1.165) is 18.0 Å². The third-order valence-corrected chi connectivity index (χ3v) is 8.33. The van der Waals surface area contributed by atoms with Crippen molar-refractivity contribution >= 4 is 25.0 Å². The molecule has 0 saturated carbocycles. The monoisotopic (exact) mass is 337 g/mol. The van der Waals surface area contributed by atoms with Crippen molar-refractivity contribution in [1.29, 1.82) is 0 Å². The van der Waals surface area contributed by atoms with E-state index in [4.69, 9.17) is 0 Å². The number of rotatable bonds is 4. The van der Waals surface area contributed by atoms with Gasteiger partial charge in [-0.05, 0) is 30.7 Å². The van der Waals surface area contributed by atoms with E-state index >= 15 is 0 Å². The van der Waals surface area contributed by atoms with Crippen molar-refractivity contribution in [3.05, 3.63) is 59.8 Å². The molecule has 1 aromatic rings. The Morgan fingerprint density at radius 3 is 2.42 bits per heavy atom. The summed E-state index contributed by atoms with van der Waals surface area (Å²) < 4.78 is 0. The number of allylic oxidation sites excluding steroid dienone is 6. The lowest BCUT2D eigenvalue weighted by Gasteiger charge is -2.30. The van der Waals surface area contributed by atoms with Gasteiger partial charge in [0.2, 0.25) is 0 Å². The molecule has 0 bridgehead atoms. The first-order chi connectivity index (χ1) is 11.4. The molecule has 1 heterocycles. The Morgan fingerprint density at radius 2 is 1.75 bits per heavy atom. The first-order valence-electron chi connectivity index (χ1n) is 8.51. The molecule has 0 spiro atoms. The molecule has 124 valence electrons. The van der Waals surface area contributed by atoms with Gasteiger partial charge in [-0.3, -0.25) is 14.6 Å². The van der Waals surface area contributed by atoms with Crippen LogP contribution >= 0.6 is 0 Å². The van der Waals surface area contributed by atoms with Crippen LogP contribution in [0.25, 0.3) is 0 Å². The van der Waals surface area contributed by atoms with E-state index in [1.807, 2.05) is 25.3 Å². The van der Waals surface area contributed by atoms with E-state index in [9.17, 15) is 9.59 Å². The Labute approximate surface area is 144 Å². The molecule has 0 radical (unpaired) electrons. The summed E-state index contributed by atoms with van der Waals surface area (Å²) in [4.78, 5) is 29.1. The normalized spacial score (nSPS) is 23.6. The van der Waals surface area contributed by atoms with E-state index < -0.39 is 8.07 Å². The quantitative estimate of drug-likeness (QED) is 0.481. The Kier molecular flexibility index (Phi) is 4.50. The van der Waals surface area contributed by atoms with Gasteiger partial charge in [0, 0.05) is 34.5 Å². The third kappa shape index (κ3) is 3.11. The number of hydrogen-bond donors (Lipinski definition) is 0. The fourth-order valence-electron chi connectivity index (χ4n) is 3.59. The number of nitrogens with zero attached hydrogens (tertiary/aromatic N) is 1. The molecule has 24 heavy (non-hydrogen) atoms. The van der Waals surface area contributed by atoms with Gasteiger partial charge < -0.3 is 0 Å². The van der Waals surface area contributed by atoms with Gasteiger partial charge in [-0.2, -0.15) is 0 Å². The van der Waals surface area contributed by atoms with E-state index in [-0.39, 0.29) is 23.4 Å². The zero-order valence-corrected chi connectivity index (χ0v) is 15.5. The van der Waals surface area contributed by atoms with Crippen molar-refractivity contribution in [1.82, 2.24) is 4.98 Å². The van der Waals surface area contributed by atoms with Gasteiger partial charge in [0.05, 0.1) is 0 Å². The van der Waals surface area contributed by atoms with Crippen LogP contribution < -0.4 is 5.32 Å². The molecule has 1 aromatic heterocycles. The fourth-order valence-corrected chi connectivity index (χ4v) is 5.85. The van der Waals surface area contributed by atoms with Crippen LogP contribution in [0.15, 0.2) is 59.8 Å². The van der Waals surface area contributed by atoms with E-state index in [1.165, 1.54) is 17.5 Å². The van der Waals surface area contributed by atoms with Crippen LogP contribution in [-0.4, -0.2) is 24.6 Å². The summed E-state index contributed by atoms with van der Waals surface area (Å²) in [7, 11) is -1.66. The van der Waals surface area contributed by atoms with Gasteiger partial charge in [-0.15, -0.1) is 0 Å². The van der Waals surface area contributed by atoms with Crippen LogP contribution in [0.3, 0.4) is 0 Å². The van der Waals surface area contributed by atoms with E-state index in [1.54, 1.807) is 0 Å². The summed E-state index contributed by atoms with van der Waals surface area (Å²) in [6.45, 7) is 6.61. The highest BCUT2D eigenvalue weighted by Gasteiger charge is 2.34. The lowest BCUT2D eigenvalue weighted by Crippen LogP contribution is -2.43. The molecular formula is C20H23NO2Si. The number of carbonyl (C=O) groups excluding carboxylic acids is 2. The van der Waals surface area contributed by atoms with Crippen LogP contribution in [0, 0.1) is 11.8 Å². The van der Waals surface area contributed by atoms with Gasteiger partial charge in [-0.25, -0.2) is 0 Å². The van der Waals surface area contributed by atoms with Crippen LogP contribution in [-0.2, 0) is 9.59 Å². The largest absolute Gasteiger partial charge is 0.290 e. The predicted molar refractivity (Wildman–Crippen MR) is 98.8 cm³/mol. The molecule has 0 fully saturated rings. The van der Waals surface area contributed by atoms with Crippen molar-refractivity contribution in [2.45, 2.75) is 32.5 Å². The highest BCUT2D eigenvalue weighted by molar-refractivity contribution is 6.89. The topological polar surface area (TPSA) is 47.0 Å². The maximum atomic E-state index is 12.4. The molecule has 2 aliphatic carbocycles. The van der Waals surface area contributed by atoms with Gasteiger partial charge in [0.15, 0.2) is 11.6 Å². The second-order valence-corrected chi connectivity index (χ2v) is 12.1. The van der Waals surface area contributed by atoms with E-state index in [2.05, 4.69) is 36.3 Å². The standard InChI is InChI=1S/C20H23NO2Si/c1-14-7-8-15(20-17(23)10-9-16(22)19(14)20)11-13-24(2,3)18-6-4-5-12-21-18/h4-10,12,14-15H,11,13H2,1-3H3/t14-,15-/m0/s1. The summed E-state index contributed by atoms with van der Waals surface area (Å²) >= 11 is 0. The minimum absolute atomic E-state index is 0.00288. The minimum Gasteiger partial charge on any atom is -0.290 e. The molecule has 2 atom stereocenters. The van der Waals surface area contributed by atoms with Crippen molar-refractivity contribution in [3.63, 3.8) is 0 Å². The van der Waals surface area contributed by atoms with Crippen LogP contribution in [0.2, 0.25) is 19.1 Å². The molecule has 0 aliphatic heterocycles. The molecule has 3 nitrogen and oxygen atoms in total. The second kappa shape index (κ2) is 6.44. The molecular weight excluding hydrogens is 314 g/mol. The second-order valence-electron chi connectivity index (χ2n) is 7.31. The zero-order valence-electron chi connectivity index (χ0n) is 14.5. The first-order valence-corrected chi connectivity index (χ1v) is 11.7. The number of hydrogen-bond acceptors (Lipinski definition) is 3. The number of aromatic nitrogens is 1. The summed E-state index contributed by atoms with van der Waals surface area (Å²) in [6, 6.07) is 7.12. The van der Waals surface area contributed by atoms with Crippen LogP contribution in [0.4, 0.5) is 0 Å². The first kappa shape index (κ1) is 16.8. The Balaban J connectivity index is 1.81. The summed E-state index contributed by atoms with van der Waals surface area (Å²) in [5.41, 5.74) is 1.43. The predicted octanol–water partition coefficient (Wildman–Crippen LogP) is 3.21. The number of pyridine rings is 1. The van der Waals surface area contributed by atoms with Crippen molar-refractivity contribution in [2.75, 3.05) is 0 Å². The maximum Gasteiger partial charge on any atom is 0.182 e. The molecule has 0 N–H and O–H groups in total. The summed E-state index contributed by atoms with van der Waals surface area (Å²) in [5.74, 6) is 0.0718. The third-order valence-electron chi connectivity index (χ3n) is 5.10. The summed E-state index contributed by atoms with van der Waals surface area (Å²) in [5, 5.41) is 1.19. The SMILES string of the molecule is C[C@H]1C=C[C@@H](CC[Si](C)(C)c2ccccn2)C2=C1C(=O)C=CC2=O. The fraction of sp³-hybridized carbons (Fsp3) is 0.350. The van der Waals surface area contributed by atoms with Crippen molar-refractivity contribution < 1.29 is 9.59 Å². The number of carbonyl (C=O) groups is 2. The lowest BCUT2D eigenvalue weighted by molar-refractivity contribution is -0.115. The van der Waals surface area contributed by atoms with Crippen molar-refractivity contribution in [2.24, 2.45) is 11.8 Å². The minimum atomic E-state index is -1.66. The summed E-state index contributed by atoms with van der Waals surface area (Å²) in [6.07, 6.45) is 9.79. The van der Waals surface area contributed by atoms with Gasteiger partial charge in [0.1, 0.15) is 8.07 Å². The lowest BCUT2D eigenvalue weighted by atomic mass is 9.75. The molecule has 4 heteroatoms.